The molecule has 2 aliphatic carbocycles. The van der Waals surface area contributed by atoms with Crippen molar-refractivity contribution in [3.63, 3.8) is 0 Å². The molecular formula is C18H29NO. The molecule has 0 amide bonds. The number of hydrogen-bond donors (Lipinski definition) is 1. The van der Waals surface area contributed by atoms with Gasteiger partial charge in [0.25, 0.3) is 0 Å². The van der Waals surface area contributed by atoms with Crippen LogP contribution in [-0.4, -0.2) is 6.54 Å². The standard InChI is InChI=1S/C18H29NO/c1-4-7-19-18(17-8-12(2)20-13(17)3)11-16-10-14-5-6-15(16)9-14/h8,14-16,18-19H,4-7,9-11H2,1-3H3. The van der Waals surface area contributed by atoms with E-state index in [9.17, 15) is 0 Å². The Kier molecular flexibility index (Phi) is 4.21. The molecule has 112 valence electrons. The third-order valence-electron chi connectivity index (χ3n) is 5.52. The average molecular weight is 275 g/mol. The van der Waals surface area contributed by atoms with Gasteiger partial charge in [0.05, 0.1) is 0 Å². The van der Waals surface area contributed by atoms with Crippen LogP contribution in [0.2, 0.25) is 0 Å². The molecule has 4 unspecified atom stereocenters. The first-order valence-corrected chi connectivity index (χ1v) is 8.47. The monoisotopic (exact) mass is 275 g/mol. The van der Waals surface area contributed by atoms with E-state index in [1.165, 1.54) is 44.1 Å². The smallest absolute Gasteiger partial charge is 0.105 e. The lowest BCUT2D eigenvalue weighted by atomic mass is 9.82. The van der Waals surface area contributed by atoms with Gasteiger partial charge >= 0.3 is 0 Å². The predicted molar refractivity (Wildman–Crippen MR) is 82.8 cm³/mol. The number of aryl methyl sites for hydroxylation is 2. The zero-order valence-corrected chi connectivity index (χ0v) is 13.2. The number of nitrogens with one attached hydrogen (secondary N) is 1. The maximum atomic E-state index is 5.76. The molecule has 1 aromatic rings. The molecule has 3 rings (SSSR count). The molecule has 0 aromatic carbocycles. The molecule has 0 saturated heterocycles. The topological polar surface area (TPSA) is 25.2 Å². The molecule has 1 N–H and O–H groups in total. The summed E-state index contributed by atoms with van der Waals surface area (Å²) in [5.41, 5.74) is 1.40. The first-order valence-electron chi connectivity index (χ1n) is 8.47. The van der Waals surface area contributed by atoms with Gasteiger partial charge in [-0.25, -0.2) is 0 Å². The molecule has 1 heterocycles. The van der Waals surface area contributed by atoms with Crippen molar-refractivity contribution in [1.29, 1.82) is 0 Å². The Balaban J connectivity index is 1.71. The van der Waals surface area contributed by atoms with E-state index in [0.717, 1.165) is 35.8 Å². The summed E-state index contributed by atoms with van der Waals surface area (Å²) in [6.07, 6.45) is 8.47. The molecule has 2 saturated carbocycles. The Labute approximate surface area is 123 Å². The van der Waals surface area contributed by atoms with E-state index in [1.807, 2.05) is 0 Å². The van der Waals surface area contributed by atoms with Crippen molar-refractivity contribution in [2.45, 2.75) is 65.3 Å². The molecule has 0 spiro atoms. The van der Waals surface area contributed by atoms with Gasteiger partial charge in [0, 0.05) is 11.6 Å². The molecule has 0 aliphatic heterocycles. The molecule has 4 atom stereocenters. The second kappa shape index (κ2) is 5.93. The number of rotatable bonds is 6. The molecule has 20 heavy (non-hydrogen) atoms. The van der Waals surface area contributed by atoms with Gasteiger partial charge in [-0.2, -0.15) is 0 Å². The maximum Gasteiger partial charge on any atom is 0.105 e. The van der Waals surface area contributed by atoms with Gasteiger partial charge in [-0.3, -0.25) is 0 Å². The van der Waals surface area contributed by atoms with Crippen molar-refractivity contribution < 1.29 is 4.42 Å². The normalized spacial score (nSPS) is 30.1. The molecular weight excluding hydrogens is 246 g/mol. The van der Waals surface area contributed by atoms with Crippen LogP contribution >= 0.6 is 0 Å². The second-order valence-corrected chi connectivity index (χ2v) is 7.05. The largest absolute Gasteiger partial charge is 0.466 e. The Morgan fingerprint density at radius 3 is 2.70 bits per heavy atom. The first kappa shape index (κ1) is 14.2. The van der Waals surface area contributed by atoms with E-state index in [1.54, 1.807) is 0 Å². The van der Waals surface area contributed by atoms with E-state index in [-0.39, 0.29) is 0 Å². The van der Waals surface area contributed by atoms with Gasteiger partial charge < -0.3 is 9.73 Å². The molecule has 1 aromatic heterocycles. The zero-order chi connectivity index (χ0) is 14.1. The highest BCUT2D eigenvalue weighted by atomic mass is 16.3. The lowest BCUT2D eigenvalue weighted by Gasteiger charge is -2.27. The van der Waals surface area contributed by atoms with Crippen LogP contribution in [0.25, 0.3) is 0 Å². The zero-order valence-electron chi connectivity index (χ0n) is 13.2. The summed E-state index contributed by atoms with van der Waals surface area (Å²) in [5, 5.41) is 3.77. The Morgan fingerprint density at radius 2 is 2.15 bits per heavy atom. The Morgan fingerprint density at radius 1 is 1.30 bits per heavy atom. The first-order chi connectivity index (χ1) is 9.67. The minimum absolute atomic E-state index is 0.497. The van der Waals surface area contributed by atoms with Crippen molar-refractivity contribution in [1.82, 2.24) is 5.32 Å². The summed E-state index contributed by atoms with van der Waals surface area (Å²) in [6, 6.07) is 2.74. The number of fused-ring (bicyclic) bond motifs is 2. The van der Waals surface area contributed by atoms with Crippen molar-refractivity contribution in [3.05, 3.63) is 23.2 Å². The van der Waals surface area contributed by atoms with E-state index in [2.05, 4.69) is 32.2 Å². The summed E-state index contributed by atoms with van der Waals surface area (Å²) < 4.78 is 5.76. The number of hydrogen-bond acceptors (Lipinski definition) is 2. The molecule has 2 heteroatoms. The van der Waals surface area contributed by atoms with Crippen LogP contribution in [0, 0.1) is 31.6 Å². The van der Waals surface area contributed by atoms with E-state index >= 15 is 0 Å². The SMILES string of the molecule is CCCNC(CC1CC2CCC1C2)c1cc(C)oc1C. The maximum absolute atomic E-state index is 5.76. The van der Waals surface area contributed by atoms with E-state index < -0.39 is 0 Å². The molecule has 2 fully saturated rings. The minimum atomic E-state index is 0.497. The lowest BCUT2D eigenvalue weighted by molar-refractivity contribution is 0.278. The van der Waals surface area contributed by atoms with E-state index in [4.69, 9.17) is 4.42 Å². The summed E-state index contributed by atoms with van der Waals surface area (Å²) >= 11 is 0. The van der Waals surface area contributed by atoms with Gasteiger partial charge in [0.1, 0.15) is 11.5 Å². The molecule has 2 aliphatic rings. The van der Waals surface area contributed by atoms with Gasteiger partial charge in [-0.05, 0) is 76.3 Å². The fraction of sp³-hybridized carbons (Fsp3) is 0.778. The summed E-state index contributed by atoms with van der Waals surface area (Å²) in [5.74, 6) is 5.16. The average Bonchev–Trinajstić information content (AvgIpc) is 3.10. The van der Waals surface area contributed by atoms with Gasteiger partial charge in [0.15, 0.2) is 0 Å². The van der Waals surface area contributed by atoms with Crippen LogP contribution in [0.5, 0.6) is 0 Å². The molecule has 2 bridgehead atoms. The fourth-order valence-corrected chi connectivity index (χ4v) is 4.60. The molecule has 0 radical (unpaired) electrons. The van der Waals surface area contributed by atoms with Crippen molar-refractivity contribution in [2.75, 3.05) is 6.54 Å². The Hall–Kier alpha value is -0.760. The fourth-order valence-electron chi connectivity index (χ4n) is 4.60. The van der Waals surface area contributed by atoms with Gasteiger partial charge in [-0.15, -0.1) is 0 Å². The second-order valence-electron chi connectivity index (χ2n) is 7.05. The summed E-state index contributed by atoms with van der Waals surface area (Å²) in [4.78, 5) is 0. The lowest BCUT2D eigenvalue weighted by Crippen LogP contribution is -2.26. The quantitative estimate of drug-likeness (QED) is 0.809. The van der Waals surface area contributed by atoms with Crippen LogP contribution < -0.4 is 5.32 Å². The third-order valence-corrected chi connectivity index (χ3v) is 5.52. The highest BCUT2D eigenvalue weighted by molar-refractivity contribution is 5.24. The molecule has 2 nitrogen and oxygen atoms in total. The van der Waals surface area contributed by atoms with Gasteiger partial charge in [0.2, 0.25) is 0 Å². The summed E-state index contributed by atoms with van der Waals surface area (Å²) in [7, 11) is 0. The van der Waals surface area contributed by atoms with E-state index in [0.29, 0.717) is 6.04 Å². The third kappa shape index (κ3) is 2.81. The predicted octanol–water partition coefficient (Wildman–Crippen LogP) is 4.76. The van der Waals surface area contributed by atoms with Crippen molar-refractivity contribution >= 4 is 0 Å². The van der Waals surface area contributed by atoms with Crippen LogP contribution in [-0.2, 0) is 0 Å². The van der Waals surface area contributed by atoms with Crippen LogP contribution in [0.3, 0.4) is 0 Å². The van der Waals surface area contributed by atoms with Crippen LogP contribution in [0.4, 0.5) is 0 Å². The van der Waals surface area contributed by atoms with Gasteiger partial charge in [-0.1, -0.05) is 13.3 Å². The van der Waals surface area contributed by atoms with Crippen molar-refractivity contribution in [3.8, 4) is 0 Å². The van der Waals surface area contributed by atoms with Crippen LogP contribution in [0.15, 0.2) is 10.5 Å². The Bertz CT molecular complexity index is 450. The highest BCUT2D eigenvalue weighted by Crippen LogP contribution is 2.51. The summed E-state index contributed by atoms with van der Waals surface area (Å²) in [6.45, 7) is 7.53. The number of furan rings is 1. The van der Waals surface area contributed by atoms with Crippen molar-refractivity contribution in [2.24, 2.45) is 17.8 Å². The van der Waals surface area contributed by atoms with Crippen LogP contribution in [0.1, 0.15) is 68.6 Å². The highest BCUT2D eigenvalue weighted by Gasteiger charge is 2.40. The minimum Gasteiger partial charge on any atom is -0.466 e.